The smallest absolute Gasteiger partial charge is 0.303 e. The number of rotatable bonds is 6. The number of aliphatic carboxylic acids is 1. The van der Waals surface area contributed by atoms with Gasteiger partial charge in [-0.05, 0) is 33.1 Å². The van der Waals surface area contributed by atoms with Crippen LogP contribution in [0.2, 0.25) is 0 Å². The van der Waals surface area contributed by atoms with Crippen LogP contribution < -0.4 is 5.32 Å². The summed E-state index contributed by atoms with van der Waals surface area (Å²) in [4.78, 5) is 23.7. The third-order valence-electron chi connectivity index (χ3n) is 3.72. The predicted octanol–water partition coefficient (Wildman–Crippen LogP) is 2.22. The first-order valence-electron chi connectivity index (χ1n) is 7.14. The molecule has 3 rings (SSSR count). The lowest BCUT2D eigenvalue weighted by Crippen LogP contribution is -2.32. The van der Waals surface area contributed by atoms with Crippen LogP contribution in [0.25, 0.3) is 11.2 Å². The van der Waals surface area contributed by atoms with Gasteiger partial charge in [-0.25, -0.2) is 15.0 Å². The molecule has 1 saturated carbocycles. The van der Waals surface area contributed by atoms with Crippen LogP contribution in [0, 0.1) is 0 Å². The molecular weight excluding hydrogens is 270 g/mol. The van der Waals surface area contributed by atoms with E-state index in [0.29, 0.717) is 18.3 Å². The number of hydrogen-bond donors (Lipinski definition) is 2. The van der Waals surface area contributed by atoms with Gasteiger partial charge in [0.05, 0.1) is 6.33 Å². The summed E-state index contributed by atoms with van der Waals surface area (Å²) in [6.07, 6.45) is 6.30. The van der Waals surface area contributed by atoms with E-state index in [1.807, 2.05) is 20.2 Å². The molecule has 112 valence electrons. The first kappa shape index (κ1) is 13.8. The van der Waals surface area contributed by atoms with Crippen molar-refractivity contribution in [1.29, 1.82) is 0 Å². The van der Waals surface area contributed by atoms with Crippen molar-refractivity contribution in [2.45, 2.75) is 51.1 Å². The second kappa shape index (κ2) is 4.98. The van der Waals surface area contributed by atoms with Gasteiger partial charge in [0.1, 0.15) is 11.8 Å². The second-order valence-corrected chi connectivity index (χ2v) is 6.18. The summed E-state index contributed by atoms with van der Waals surface area (Å²) in [5, 5.41) is 12.1. The van der Waals surface area contributed by atoms with Gasteiger partial charge in [-0.2, -0.15) is 0 Å². The number of nitrogens with one attached hydrogen (secondary N) is 1. The van der Waals surface area contributed by atoms with Crippen molar-refractivity contribution in [3.63, 3.8) is 0 Å². The predicted molar refractivity (Wildman–Crippen MR) is 78.2 cm³/mol. The summed E-state index contributed by atoms with van der Waals surface area (Å²) in [7, 11) is 0. The normalized spacial score (nSPS) is 15.3. The molecule has 0 aliphatic heterocycles. The quantitative estimate of drug-likeness (QED) is 0.847. The van der Waals surface area contributed by atoms with Crippen molar-refractivity contribution in [2.75, 3.05) is 5.32 Å². The summed E-state index contributed by atoms with van der Waals surface area (Å²) in [6, 6.07) is 0.512. The molecule has 21 heavy (non-hydrogen) atoms. The Labute approximate surface area is 122 Å². The fourth-order valence-corrected chi connectivity index (χ4v) is 2.37. The van der Waals surface area contributed by atoms with E-state index in [9.17, 15) is 4.79 Å². The Kier molecular flexibility index (Phi) is 3.27. The van der Waals surface area contributed by atoms with Crippen molar-refractivity contribution >= 4 is 23.0 Å². The van der Waals surface area contributed by atoms with Crippen LogP contribution in [0.1, 0.15) is 45.6 Å². The zero-order chi connectivity index (χ0) is 15.0. The second-order valence-electron chi connectivity index (χ2n) is 6.18. The first-order chi connectivity index (χ1) is 9.96. The van der Waals surface area contributed by atoms with Gasteiger partial charge in [0, 0.05) is 18.0 Å². The lowest BCUT2D eigenvalue weighted by atomic mass is 9.98. The maximum atomic E-state index is 10.7. The van der Waals surface area contributed by atoms with Crippen molar-refractivity contribution in [2.24, 2.45) is 0 Å². The maximum absolute atomic E-state index is 10.7. The van der Waals surface area contributed by atoms with E-state index >= 15 is 0 Å². The highest BCUT2D eigenvalue weighted by molar-refractivity contribution is 5.83. The molecule has 2 aromatic rings. The minimum Gasteiger partial charge on any atom is -0.481 e. The third kappa shape index (κ3) is 2.96. The van der Waals surface area contributed by atoms with Gasteiger partial charge < -0.3 is 15.0 Å². The van der Waals surface area contributed by atoms with Gasteiger partial charge in [0.15, 0.2) is 11.5 Å². The van der Waals surface area contributed by atoms with E-state index < -0.39 is 5.97 Å². The monoisotopic (exact) mass is 289 g/mol. The number of carboxylic acid groups (broad SMARTS) is 1. The van der Waals surface area contributed by atoms with Crippen LogP contribution in [-0.2, 0) is 4.79 Å². The zero-order valence-electron chi connectivity index (χ0n) is 12.2. The molecule has 7 nitrogen and oxygen atoms in total. The molecule has 2 N–H and O–H groups in total. The molecule has 0 unspecified atom stereocenters. The Morgan fingerprint density at radius 3 is 2.86 bits per heavy atom. The summed E-state index contributed by atoms with van der Waals surface area (Å²) < 4.78 is 2.09. The Balaban J connectivity index is 1.85. The largest absolute Gasteiger partial charge is 0.481 e. The Morgan fingerprint density at radius 2 is 2.19 bits per heavy atom. The molecule has 2 aromatic heterocycles. The summed E-state index contributed by atoms with van der Waals surface area (Å²) >= 11 is 0. The van der Waals surface area contributed by atoms with Crippen LogP contribution in [0.3, 0.4) is 0 Å². The van der Waals surface area contributed by atoms with E-state index in [1.165, 1.54) is 19.2 Å². The van der Waals surface area contributed by atoms with E-state index in [4.69, 9.17) is 5.11 Å². The highest BCUT2D eigenvalue weighted by atomic mass is 16.4. The fraction of sp³-hybridized carbons (Fsp3) is 0.571. The molecule has 0 atom stereocenters. The zero-order valence-corrected chi connectivity index (χ0v) is 12.2. The van der Waals surface area contributed by atoms with Gasteiger partial charge in [-0.3, -0.25) is 4.79 Å². The minimum atomic E-state index is -0.796. The molecular formula is C14H19N5O2. The van der Waals surface area contributed by atoms with Gasteiger partial charge in [-0.15, -0.1) is 0 Å². The van der Waals surface area contributed by atoms with Crippen LogP contribution in [0.15, 0.2) is 12.7 Å². The standard InChI is InChI=1S/C14H19N5O2/c1-14(2,6-5-10(20)21)18-12-11-13(16-7-15-12)19(8-17-11)9-3-4-9/h7-9H,3-6H2,1-2H3,(H,20,21)(H,15,16,18). The summed E-state index contributed by atoms with van der Waals surface area (Å²) in [5.41, 5.74) is 1.21. The molecule has 1 fully saturated rings. The van der Waals surface area contributed by atoms with E-state index in [2.05, 4.69) is 24.8 Å². The Hall–Kier alpha value is -2.18. The van der Waals surface area contributed by atoms with Crippen LogP contribution in [0.4, 0.5) is 5.82 Å². The molecule has 2 heterocycles. The molecule has 0 aromatic carbocycles. The fourth-order valence-electron chi connectivity index (χ4n) is 2.37. The van der Waals surface area contributed by atoms with Crippen LogP contribution in [0.5, 0.6) is 0 Å². The highest BCUT2D eigenvalue weighted by Crippen LogP contribution is 2.37. The number of imidazole rings is 1. The maximum Gasteiger partial charge on any atom is 0.303 e. The van der Waals surface area contributed by atoms with Crippen molar-refractivity contribution in [3.8, 4) is 0 Å². The lowest BCUT2D eigenvalue weighted by Gasteiger charge is -2.26. The third-order valence-corrected chi connectivity index (χ3v) is 3.72. The molecule has 1 aliphatic carbocycles. The molecule has 0 radical (unpaired) electrons. The number of carboxylic acids is 1. The average Bonchev–Trinajstić information content (AvgIpc) is 3.16. The van der Waals surface area contributed by atoms with Crippen LogP contribution in [-0.4, -0.2) is 36.1 Å². The molecule has 0 spiro atoms. The summed E-state index contributed by atoms with van der Waals surface area (Å²) in [5.74, 6) is -0.134. The number of hydrogen-bond acceptors (Lipinski definition) is 5. The van der Waals surface area contributed by atoms with Crippen molar-refractivity contribution in [1.82, 2.24) is 19.5 Å². The highest BCUT2D eigenvalue weighted by Gasteiger charge is 2.27. The molecule has 0 amide bonds. The van der Waals surface area contributed by atoms with Gasteiger partial charge in [-0.1, -0.05) is 0 Å². The van der Waals surface area contributed by atoms with Crippen molar-refractivity contribution < 1.29 is 9.90 Å². The van der Waals surface area contributed by atoms with E-state index in [0.717, 1.165) is 11.2 Å². The van der Waals surface area contributed by atoms with E-state index in [1.54, 1.807) is 0 Å². The van der Waals surface area contributed by atoms with Crippen LogP contribution >= 0.6 is 0 Å². The van der Waals surface area contributed by atoms with Gasteiger partial charge in [0.2, 0.25) is 0 Å². The number of nitrogens with zero attached hydrogens (tertiary/aromatic N) is 4. The first-order valence-corrected chi connectivity index (χ1v) is 7.14. The topological polar surface area (TPSA) is 92.9 Å². The van der Waals surface area contributed by atoms with E-state index in [-0.39, 0.29) is 12.0 Å². The summed E-state index contributed by atoms with van der Waals surface area (Å²) in [6.45, 7) is 3.92. The number of aromatic nitrogens is 4. The molecule has 0 bridgehead atoms. The van der Waals surface area contributed by atoms with Gasteiger partial charge >= 0.3 is 5.97 Å². The lowest BCUT2D eigenvalue weighted by molar-refractivity contribution is -0.137. The number of anilines is 1. The Morgan fingerprint density at radius 1 is 1.43 bits per heavy atom. The molecule has 7 heteroatoms. The number of carbonyl (C=O) groups is 1. The molecule has 0 saturated heterocycles. The number of fused-ring (bicyclic) bond motifs is 1. The Bertz CT molecular complexity index is 675. The van der Waals surface area contributed by atoms with Crippen molar-refractivity contribution in [3.05, 3.63) is 12.7 Å². The molecule has 1 aliphatic rings. The SMILES string of the molecule is CC(C)(CCC(=O)O)Nc1ncnc2c1ncn2C1CC1. The minimum absolute atomic E-state index is 0.116. The average molecular weight is 289 g/mol. The van der Waals surface area contributed by atoms with Gasteiger partial charge in [0.25, 0.3) is 0 Å².